The Bertz CT molecular complexity index is 930. The van der Waals surface area contributed by atoms with Gasteiger partial charge in [-0.1, -0.05) is 54.6 Å². The molecule has 0 unspecified atom stereocenters. The maximum atomic E-state index is 13.0. The summed E-state index contributed by atoms with van der Waals surface area (Å²) in [6.45, 7) is 0.943. The normalized spacial score (nSPS) is 10.4. The molecule has 6 heteroatoms. The molecule has 0 fully saturated rings. The van der Waals surface area contributed by atoms with Gasteiger partial charge in [0.05, 0.1) is 11.3 Å². The van der Waals surface area contributed by atoms with Crippen LogP contribution in [-0.4, -0.2) is 27.3 Å². The monoisotopic (exact) mass is 375 g/mol. The lowest BCUT2D eigenvalue weighted by Crippen LogP contribution is -2.33. The maximum absolute atomic E-state index is 13.0. The van der Waals surface area contributed by atoms with E-state index in [0.717, 1.165) is 11.1 Å². The molecule has 1 aromatic heterocycles. The minimum absolute atomic E-state index is 0.00773. The number of aromatic nitrogens is 1. The Morgan fingerprint density at radius 1 is 0.964 bits per heavy atom. The molecule has 1 amide bonds. The van der Waals surface area contributed by atoms with Crippen molar-refractivity contribution >= 4 is 11.6 Å². The number of nitro groups is 1. The highest BCUT2D eigenvalue weighted by Gasteiger charge is 2.20. The molecule has 0 aliphatic heterocycles. The van der Waals surface area contributed by atoms with Crippen molar-refractivity contribution in [3.05, 3.63) is 106 Å². The zero-order valence-corrected chi connectivity index (χ0v) is 15.4. The largest absolute Gasteiger partial charge is 0.338 e. The molecule has 2 aromatic carbocycles. The second kappa shape index (κ2) is 9.41. The van der Waals surface area contributed by atoms with Crippen LogP contribution in [0.1, 0.15) is 16.7 Å². The number of nitro benzene ring substituents is 1. The highest BCUT2D eigenvalue weighted by Crippen LogP contribution is 2.19. The molecule has 28 heavy (non-hydrogen) atoms. The molecule has 1 heterocycles. The van der Waals surface area contributed by atoms with Crippen LogP contribution in [0, 0.1) is 10.1 Å². The molecule has 3 rings (SSSR count). The summed E-state index contributed by atoms with van der Waals surface area (Å²) in [5, 5.41) is 11.2. The zero-order chi connectivity index (χ0) is 19.8. The second-order valence-corrected chi connectivity index (χ2v) is 6.47. The third-order valence-electron chi connectivity index (χ3n) is 4.49. The van der Waals surface area contributed by atoms with Crippen molar-refractivity contribution in [1.29, 1.82) is 0 Å². The Morgan fingerprint density at radius 3 is 2.39 bits per heavy atom. The summed E-state index contributed by atoms with van der Waals surface area (Å²) in [6.07, 6.45) is 4.12. The summed E-state index contributed by atoms with van der Waals surface area (Å²) in [5.74, 6) is -0.144. The fourth-order valence-corrected chi connectivity index (χ4v) is 3.03. The van der Waals surface area contributed by atoms with Gasteiger partial charge < -0.3 is 4.90 Å². The van der Waals surface area contributed by atoms with Gasteiger partial charge in [-0.3, -0.25) is 19.9 Å². The fraction of sp³-hybridized carbons (Fsp3) is 0.182. The molecule has 0 aliphatic carbocycles. The third kappa shape index (κ3) is 5.23. The van der Waals surface area contributed by atoms with E-state index in [1.165, 1.54) is 6.07 Å². The molecule has 0 spiro atoms. The minimum atomic E-state index is -0.446. The number of hydrogen-bond acceptors (Lipinski definition) is 4. The molecule has 0 atom stereocenters. The molecule has 0 radical (unpaired) electrons. The number of carbonyl (C=O) groups excluding carboxylic acids is 1. The highest BCUT2D eigenvalue weighted by molar-refractivity contribution is 5.80. The highest BCUT2D eigenvalue weighted by atomic mass is 16.6. The molecule has 0 saturated carbocycles. The van der Waals surface area contributed by atoms with Gasteiger partial charge in [0.25, 0.3) is 5.69 Å². The van der Waals surface area contributed by atoms with Gasteiger partial charge in [-0.15, -0.1) is 0 Å². The van der Waals surface area contributed by atoms with E-state index in [1.807, 2.05) is 42.5 Å². The van der Waals surface area contributed by atoms with Crippen LogP contribution in [0.3, 0.4) is 0 Å². The number of nitrogens with zero attached hydrogens (tertiary/aromatic N) is 3. The number of amides is 1. The number of hydrogen-bond donors (Lipinski definition) is 0. The van der Waals surface area contributed by atoms with E-state index in [4.69, 9.17) is 0 Å². The molecule has 0 saturated heterocycles. The summed E-state index contributed by atoms with van der Waals surface area (Å²) < 4.78 is 0. The molecule has 0 N–H and O–H groups in total. The summed E-state index contributed by atoms with van der Waals surface area (Å²) in [6, 6.07) is 20.1. The van der Waals surface area contributed by atoms with Gasteiger partial charge in [0.15, 0.2) is 0 Å². The topological polar surface area (TPSA) is 76.3 Å². The van der Waals surface area contributed by atoms with Crippen LogP contribution < -0.4 is 0 Å². The van der Waals surface area contributed by atoms with E-state index >= 15 is 0 Å². The Labute approximate surface area is 163 Å². The van der Waals surface area contributed by atoms with E-state index in [0.29, 0.717) is 25.1 Å². The van der Waals surface area contributed by atoms with Crippen LogP contribution in [0.2, 0.25) is 0 Å². The SMILES string of the molecule is O=C(Cc1ccccc1[N+](=O)[O-])N(CCc1ccccc1)Cc1cccnc1. The van der Waals surface area contributed by atoms with Crippen molar-refractivity contribution in [3.8, 4) is 0 Å². The van der Waals surface area contributed by atoms with E-state index < -0.39 is 4.92 Å². The Morgan fingerprint density at radius 2 is 1.68 bits per heavy atom. The molecule has 142 valence electrons. The first-order chi connectivity index (χ1) is 13.6. The van der Waals surface area contributed by atoms with Crippen molar-refractivity contribution < 1.29 is 9.72 Å². The maximum Gasteiger partial charge on any atom is 0.273 e. The van der Waals surface area contributed by atoms with Gasteiger partial charge in [-0.2, -0.15) is 0 Å². The lowest BCUT2D eigenvalue weighted by atomic mass is 10.1. The second-order valence-electron chi connectivity index (χ2n) is 6.47. The Balaban J connectivity index is 1.77. The molecule has 3 aromatic rings. The number of pyridine rings is 1. The summed E-state index contributed by atoms with van der Waals surface area (Å²) in [5.41, 5.74) is 2.46. The average Bonchev–Trinajstić information content (AvgIpc) is 2.72. The third-order valence-corrected chi connectivity index (χ3v) is 4.49. The van der Waals surface area contributed by atoms with Gasteiger partial charge in [-0.05, 0) is 23.6 Å². The summed E-state index contributed by atoms with van der Waals surface area (Å²) >= 11 is 0. The van der Waals surface area contributed by atoms with Gasteiger partial charge >= 0.3 is 0 Å². The van der Waals surface area contributed by atoms with Crippen LogP contribution in [0.5, 0.6) is 0 Å². The van der Waals surface area contributed by atoms with Crippen molar-refractivity contribution in [2.45, 2.75) is 19.4 Å². The Kier molecular flexibility index (Phi) is 6.46. The lowest BCUT2D eigenvalue weighted by molar-refractivity contribution is -0.385. The first-order valence-electron chi connectivity index (χ1n) is 9.06. The predicted molar refractivity (Wildman–Crippen MR) is 107 cm³/mol. The van der Waals surface area contributed by atoms with Crippen LogP contribution in [-0.2, 0) is 24.2 Å². The fourth-order valence-electron chi connectivity index (χ4n) is 3.03. The minimum Gasteiger partial charge on any atom is -0.338 e. The zero-order valence-electron chi connectivity index (χ0n) is 15.4. The quantitative estimate of drug-likeness (QED) is 0.443. The van der Waals surface area contributed by atoms with E-state index in [2.05, 4.69) is 4.98 Å². The van der Waals surface area contributed by atoms with E-state index in [1.54, 1.807) is 35.5 Å². The molecule has 0 bridgehead atoms. The number of carbonyl (C=O) groups is 1. The number of rotatable bonds is 8. The Hall–Kier alpha value is -3.54. The van der Waals surface area contributed by atoms with Crippen LogP contribution in [0.15, 0.2) is 79.1 Å². The van der Waals surface area contributed by atoms with E-state index in [9.17, 15) is 14.9 Å². The summed E-state index contributed by atoms with van der Waals surface area (Å²) in [4.78, 5) is 29.6. The van der Waals surface area contributed by atoms with Gasteiger partial charge in [-0.25, -0.2) is 0 Å². The van der Waals surface area contributed by atoms with Crippen LogP contribution in [0.4, 0.5) is 5.69 Å². The van der Waals surface area contributed by atoms with Crippen LogP contribution in [0.25, 0.3) is 0 Å². The first kappa shape index (κ1) is 19.2. The van der Waals surface area contributed by atoms with Crippen molar-refractivity contribution in [2.24, 2.45) is 0 Å². The van der Waals surface area contributed by atoms with Crippen molar-refractivity contribution in [1.82, 2.24) is 9.88 Å². The molecule has 6 nitrogen and oxygen atoms in total. The standard InChI is InChI=1S/C22H21N3O3/c26-22(15-20-10-4-5-11-21(20)25(27)28)24(17-19-9-6-13-23-16-19)14-12-18-7-2-1-3-8-18/h1-11,13,16H,12,14-15,17H2. The van der Waals surface area contributed by atoms with Gasteiger partial charge in [0.2, 0.25) is 5.91 Å². The van der Waals surface area contributed by atoms with Crippen LogP contribution >= 0.6 is 0 Å². The van der Waals surface area contributed by atoms with Gasteiger partial charge in [0, 0.05) is 37.1 Å². The first-order valence-corrected chi connectivity index (χ1v) is 9.06. The predicted octanol–water partition coefficient (Wildman–Crippen LogP) is 3.80. The lowest BCUT2D eigenvalue weighted by Gasteiger charge is -2.23. The molecular weight excluding hydrogens is 354 g/mol. The van der Waals surface area contributed by atoms with Crippen molar-refractivity contribution in [3.63, 3.8) is 0 Å². The molecular formula is C22H21N3O3. The average molecular weight is 375 g/mol. The van der Waals surface area contributed by atoms with E-state index in [-0.39, 0.29) is 18.0 Å². The summed E-state index contributed by atoms with van der Waals surface area (Å²) in [7, 11) is 0. The number of benzene rings is 2. The van der Waals surface area contributed by atoms with Crippen molar-refractivity contribution in [2.75, 3.05) is 6.54 Å². The molecule has 0 aliphatic rings. The number of para-hydroxylation sites is 1. The van der Waals surface area contributed by atoms with Gasteiger partial charge in [0.1, 0.15) is 0 Å². The smallest absolute Gasteiger partial charge is 0.273 e.